The van der Waals surface area contributed by atoms with E-state index in [0.29, 0.717) is 49.0 Å². The Kier molecular flexibility index (Phi) is 11.1. The number of benzene rings is 8. The minimum absolute atomic E-state index is 0.0276. The van der Waals surface area contributed by atoms with Crippen LogP contribution < -0.4 is 10.6 Å². The summed E-state index contributed by atoms with van der Waals surface area (Å²) in [6.45, 7) is 0.833. The lowest BCUT2D eigenvalue weighted by atomic mass is 9.90. The molecule has 0 fully saturated rings. The van der Waals surface area contributed by atoms with Crippen molar-refractivity contribution in [2.24, 2.45) is 0 Å². The number of aromatic nitrogens is 1. The molecule has 0 spiro atoms. The van der Waals surface area contributed by atoms with Crippen LogP contribution in [0.1, 0.15) is 62.1 Å². The van der Waals surface area contributed by atoms with Crippen molar-refractivity contribution in [2.75, 3.05) is 17.2 Å². The zero-order chi connectivity index (χ0) is 46.4. The molecule has 8 aromatic carbocycles. The van der Waals surface area contributed by atoms with Crippen molar-refractivity contribution in [2.45, 2.75) is 44.8 Å². The average Bonchev–Trinajstić information content (AvgIpc) is 3.92. The molecule has 0 bridgehead atoms. The topological polar surface area (TPSA) is 74.2 Å². The summed E-state index contributed by atoms with van der Waals surface area (Å²) < 4.78 is 44.6. The van der Waals surface area contributed by atoms with E-state index in [9.17, 15) is 23.1 Å². The number of halogens is 3. The first-order valence-electron chi connectivity index (χ1n) is 23.0. The van der Waals surface area contributed by atoms with Gasteiger partial charge in [-0.15, -0.1) is 0 Å². The Balaban J connectivity index is 0.894. The molecule has 0 atom stereocenters. The number of hydrogen-bond acceptors (Lipinski definition) is 4. The van der Waals surface area contributed by atoms with Gasteiger partial charge in [0, 0.05) is 41.8 Å². The molecule has 0 aliphatic heterocycles. The second-order valence-electron chi connectivity index (χ2n) is 17.9. The Morgan fingerprint density at radius 3 is 2.00 bits per heavy atom. The number of para-hydroxylation sites is 1. The Hall–Kier alpha value is -7.97. The van der Waals surface area contributed by atoms with Gasteiger partial charge in [-0.2, -0.15) is 13.2 Å². The van der Waals surface area contributed by atoms with Crippen LogP contribution in [0.4, 0.5) is 24.5 Å². The summed E-state index contributed by atoms with van der Waals surface area (Å²) in [5.41, 5.74) is 18.8. The highest BCUT2D eigenvalue weighted by atomic mass is 19.4. The number of hydrogen-bond donors (Lipinski definition) is 3. The Labute approximate surface area is 393 Å². The second kappa shape index (κ2) is 17.7. The molecule has 334 valence electrons. The maximum atomic E-state index is 14.9. The van der Waals surface area contributed by atoms with Crippen molar-refractivity contribution in [3.63, 3.8) is 0 Å². The van der Waals surface area contributed by atoms with E-state index in [2.05, 4.69) is 114 Å². The number of alkyl halides is 3. The first-order valence-corrected chi connectivity index (χ1v) is 23.0. The van der Waals surface area contributed by atoms with E-state index in [0.717, 1.165) is 79.5 Å². The van der Waals surface area contributed by atoms with Gasteiger partial charge in [-0.25, -0.2) is 4.98 Å². The standard InChI is InChI=1S/C60H46F3N3O2/c61-60(62,63)55-19-9-18-49-50(35-56(66-59(49)55)53-32-40(28-37-10-2-1-3-11-37)31-51-47-17-7-5-13-42(47)33-52(51)53)41-15-8-12-39(30-41)36-65-45-23-20-38(21-24-45)29-44-22-25-48-46-16-6-4-14-43(46)34-54(48)58(44)64-27-26-57(67)68/h1-25,30-32,35,64-65H,26-29,33-34,36H2,(H,67,68). The number of rotatable bonds is 13. The molecule has 0 unspecified atom stereocenters. The van der Waals surface area contributed by atoms with Crippen molar-refractivity contribution in [3.05, 3.63) is 232 Å². The van der Waals surface area contributed by atoms with E-state index >= 15 is 0 Å². The number of pyridine rings is 1. The average molecular weight is 898 g/mol. The lowest BCUT2D eigenvalue weighted by Gasteiger charge is -2.18. The number of carboxylic acid groups (broad SMARTS) is 1. The summed E-state index contributed by atoms with van der Waals surface area (Å²) in [7, 11) is 0. The molecule has 0 saturated heterocycles. The molecule has 2 aliphatic rings. The maximum absolute atomic E-state index is 14.9. The van der Waals surface area contributed by atoms with Gasteiger partial charge in [-0.3, -0.25) is 4.79 Å². The van der Waals surface area contributed by atoms with Crippen LogP contribution in [0.3, 0.4) is 0 Å². The monoisotopic (exact) mass is 897 g/mol. The fourth-order valence-corrected chi connectivity index (χ4v) is 10.2. The normalized spacial score (nSPS) is 12.3. The first-order chi connectivity index (χ1) is 33.1. The van der Waals surface area contributed by atoms with Crippen molar-refractivity contribution in [1.29, 1.82) is 0 Å². The van der Waals surface area contributed by atoms with Gasteiger partial charge in [0.15, 0.2) is 0 Å². The molecule has 3 N–H and O–H groups in total. The Bertz CT molecular complexity index is 3400. The van der Waals surface area contributed by atoms with Crippen LogP contribution in [0, 0.1) is 0 Å². The summed E-state index contributed by atoms with van der Waals surface area (Å²) in [5, 5.41) is 16.8. The van der Waals surface area contributed by atoms with Crippen molar-refractivity contribution in [3.8, 4) is 44.6 Å². The minimum Gasteiger partial charge on any atom is -0.481 e. The van der Waals surface area contributed by atoms with Crippen molar-refractivity contribution >= 4 is 28.2 Å². The third-order valence-corrected chi connectivity index (χ3v) is 13.5. The molecule has 0 radical (unpaired) electrons. The molecular weight excluding hydrogens is 852 g/mol. The number of carbonyl (C=O) groups is 1. The van der Waals surface area contributed by atoms with E-state index in [1.807, 2.05) is 54.6 Å². The fraction of sp³-hybridized carbons (Fsp3) is 0.133. The molecular formula is C60H46F3N3O2. The summed E-state index contributed by atoms with van der Waals surface area (Å²) in [6, 6.07) is 58.3. The molecule has 68 heavy (non-hydrogen) atoms. The van der Waals surface area contributed by atoms with Crippen LogP contribution in [0.2, 0.25) is 0 Å². The van der Waals surface area contributed by atoms with E-state index in [-0.39, 0.29) is 11.9 Å². The van der Waals surface area contributed by atoms with Gasteiger partial charge in [0.25, 0.3) is 0 Å². The third kappa shape index (κ3) is 8.39. The number of anilines is 2. The molecule has 9 aromatic rings. The SMILES string of the molecule is O=C(O)CCNc1c(Cc2ccc(NCc3cccc(-c4cc(-c5cc(Cc6ccccc6)cc6c5Cc5ccccc5-6)nc5c(C(F)(F)F)cccc45)c3)cc2)ccc2c1Cc1ccccc1-2. The lowest BCUT2D eigenvalue weighted by Crippen LogP contribution is -2.11. The second-order valence-corrected chi connectivity index (χ2v) is 17.9. The molecule has 5 nitrogen and oxygen atoms in total. The number of aliphatic carboxylic acids is 1. The van der Waals surface area contributed by atoms with E-state index in [1.54, 1.807) is 6.07 Å². The van der Waals surface area contributed by atoms with Crippen LogP contribution in [-0.2, 0) is 43.2 Å². The van der Waals surface area contributed by atoms with Crippen LogP contribution in [0.5, 0.6) is 0 Å². The number of nitrogens with one attached hydrogen (secondary N) is 2. The predicted molar refractivity (Wildman–Crippen MR) is 267 cm³/mol. The van der Waals surface area contributed by atoms with Crippen molar-refractivity contribution < 1.29 is 23.1 Å². The van der Waals surface area contributed by atoms with Gasteiger partial charge in [-0.1, -0.05) is 140 Å². The fourth-order valence-electron chi connectivity index (χ4n) is 10.2. The largest absolute Gasteiger partial charge is 0.481 e. The zero-order valence-corrected chi connectivity index (χ0v) is 37.1. The summed E-state index contributed by atoms with van der Waals surface area (Å²) in [4.78, 5) is 16.3. The summed E-state index contributed by atoms with van der Waals surface area (Å²) in [5.74, 6) is -0.838. The van der Waals surface area contributed by atoms with Crippen LogP contribution in [-0.4, -0.2) is 22.6 Å². The summed E-state index contributed by atoms with van der Waals surface area (Å²) >= 11 is 0. The van der Waals surface area contributed by atoms with Gasteiger partial charge in [-0.05, 0) is 139 Å². The van der Waals surface area contributed by atoms with Gasteiger partial charge in [0.2, 0.25) is 0 Å². The highest BCUT2D eigenvalue weighted by Gasteiger charge is 2.34. The van der Waals surface area contributed by atoms with Gasteiger partial charge in [0.1, 0.15) is 0 Å². The zero-order valence-electron chi connectivity index (χ0n) is 37.1. The highest BCUT2D eigenvalue weighted by Crippen LogP contribution is 2.46. The Morgan fingerprint density at radius 2 is 1.24 bits per heavy atom. The quantitative estimate of drug-likeness (QED) is 0.108. The molecule has 0 amide bonds. The van der Waals surface area contributed by atoms with E-state index in [1.165, 1.54) is 33.9 Å². The molecule has 8 heteroatoms. The predicted octanol–water partition coefficient (Wildman–Crippen LogP) is 14.4. The number of carboxylic acids is 1. The van der Waals surface area contributed by atoms with Crippen molar-refractivity contribution in [1.82, 2.24) is 4.98 Å². The maximum Gasteiger partial charge on any atom is 0.418 e. The summed E-state index contributed by atoms with van der Waals surface area (Å²) in [6.07, 6.45) is -1.76. The molecule has 11 rings (SSSR count). The van der Waals surface area contributed by atoms with Gasteiger partial charge >= 0.3 is 12.1 Å². The van der Waals surface area contributed by atoms with Gasteiger partial charge < -0.3 is 15.7 Å². The van der Waals surface area contributed by atoms with E-state index in [4.69, 9.17) is 4.98 Å². The minimum atomic E-state index is -4.61. The van der Waals surface area contributed by atoms with Crippen LogP contribution in [0.15, 0.2) is 176 Å². The van der Waals surface area contributed by atoms with Crippen LogP contribution >= 0.6 is 0 Å². The molecule has 1 aromatic heterocycles. The highest BCUT2D eigenvalue weighted by molar-refractivity contribution is 5.99. The van der Waals surface area contributed by atoms with Gasteiger partial charge in [0.05, 0.1) is 23.2 Å². The third-order valence-electron chi connectivity index (χ3n) is 13.5. The molecule has 1 heterocycles. The number of nitrogens with zero attached hydrogens (tertiary/aromatic N) is 1. The molecule has 2 aliphatic carbocycles. The Morgan fingerprint density at radius 1 is 0.559 bits per heavy atom. The number of fused-ring (bicyclic) bond motifs is 7. The molecule has 0 saturated carbocycles. The van der Waals surface area contributed by atoms with E-state index < -0.39 is 17.7 Å². The first kappa shape index (κ1) is 42.7. The smallest absolute Gasteiger partial charge is 0.418 e. The lowest BCUT2D eigenvalue weighted by molar-refractivity contribution is -0.137. The van der Waals surface area contributed by atoms with Crippen LogP contribution in [0.25, 0.3) is 55.5 Å².